The number of nitrogens with two attached hydrogens (primary N) is 2. The number of hydrogen-bond donors (Lipinski definition) is 23. The van der Waals surface area contributed by atoms with Crippen LogP contribution in [0.5, 0.6) is 5.75 Å². The van der Waals surface area contributed by atoms with Crippen LogP contribution in [0.25, 0.3) is 10.9 Å². The number of nitrogens with zero attached hydrogens (tertiary/aromatic N) is 1. The van der Waals surface area contributed by atoms with Crippen LogP contribution in [-0.4, -0.2) is 253 Å². The Morgan fingerprint density at radius 2 is 1.16 bits per heavy atom. The highest BCUT2D eigenvalue weighted by molar-refractivity contribution is 6.00. The van der Waals surface area contributed by atoms with Crippen molar-refractivity contribution in [2.24, 2.45) is 11.5 Å². The Labute approximate surface area is 720 Å². The fourth-order valence-corrected chi connectivity index (χ4v) is 14.5. The summed E-state index contributed by atoms with van der Waals surface area (Å²) in [7, 11) is 0. The Hall–Kier alpha value is -11.8. The third-order valence-corrected chi connectivity index (χ3v) is 21.5. The molecule has 0 aliphatic carbocycles. The summed E-state index contributed by atoms with van der Waals surface area (Å²) in [5.41, 5.74) is 13.6. The van der Waals surface area contributed by atoms with Crippen LogP contribution in [0.1, 0.15) is 191 Å². The van der Waals surface area contributed by atoms with Crippen molar-refractivity contribution in [2.45, 2.75) is 272 Å². The molecule has 0 spiro atoms. The minimum Gasteiger partial charge on any atom is -0.508 e. The number of aromatic hydroxyl groups is 1. The van der Waals surface area contributed by atoms with Gasteiger partial charge in [0.15, 0.2) is 5.96 Å². The van der Waals surface area contributed by atoms with E-state index in [1.807, 2.05) is 6.07 Å². The van der Waals surface area contributed by atoms with Crippen LogP contribution in [0.15, 0.2) is 85.1 Å². The predicted molar refractivity (Wildman–Crippen MR) is 454 cm³/mol. The van der Waals surface area contributed by atoms with Gasteiger partial charge in [-0.05, 0) is 99.6 Å². The normalized spacial score (nSPS) is 19.7. The number of aliphatic carboxylic acids is 1. The van der Waals surface area contributed by atoms with Crippen molar-refractivity contribution in [3.8, 4) is 5.75 Å². The van der Waals surface area contributed by atoms with Crippen LogP contribution in [-0.2, 0) is 91.2 Å². The number of hydrogen-bond acceptors (Lipinski definition) is 21. The van der Waals surface area contributed by atoms with E-state index in [-0.39, 0.29) is 95.4 Å². The van der Waals surface area contributed by atoms with Crippen LogP contribution in [0.3, 0.4) is 0 Å². The van der Waals surface area contributed by atoms with Crippen molar-refractivity contribution in [3.05, 3.63) is 102 Å². The highest BCUT2D eigenvalue weighted by Crippen LogP contribution is 2.24. The van der Waals surface area contributed by atoms with Gasteiger partial charge in [0.25, 0.3) is 0 Å². The number of benzene rings is 3. The lowest BCUT2D eigenvalue weighted by molar-refractivity contribution is -0.143. The number of aliphatic hydroxyl groups is 4. The lowest BCUT2D eigenvalue weighted by Gasteiger charge is -2.31. The lowest BCUT2D eigenvalue weighted by Crippen LogP contribution is -2.62. The van der Waals surface area contributed by atoms with Gasteiger partial charge < -0.3 is 121 Å². The second-order valence-corrected chi connectivity index (χ2v) is 31.5. The smallest absolute Gasteiger partial charge is 0.303 e. The summed E-state index contributed by atoms with van der Waals surface area (Å²) in [5.74, 6) is -14.6. The summed E-state index contributed by atoms with van der Waals surface area (Å²) < 4.78 is 0. The number of carboxylic acid groups (broad SMARTS) is 1. The molecule has 0 bridgehead atoms. The van der Waals surface area contributed by atoms with E-state index in [0.717, 1.165) is 86.9 Å². The Bertz CT molecular complexity index is 4190. The molecule has 14 amide bonds. The van der Waals surface area contributed by atoms with E-state index in [0.29, 0.717) is 36.0 Å². The number of nitrogens with one attached hydrogen (secondary N) is 15. The number of carboxylic acids is 1. The van der Waals surface area contributed by atoms with Gasteiger partial charge in [0.05, 0.1) is 32.0 Å². The minimum absolute atomic E-state index is 0.0217. The maximum atomic E-state index is 15.3. The Balaban J connectivity index is 1.18. The minimum atomic E-state index is -1.95. The average molecular weight is 1740 g/mol. The predicted octanol–water partition coefficient (Wildman–Crippen LogP) is -1.24. The molecule has 3 heterocycles. The highest BCUT2D eigenvalue weighted by atomic mass is 16.4. The molecule has 124 heavy (non-hydrogen) atoms. The summed E-state index contributed by atoms with van der Waals surface area (Å²) in [6.45, 7) is -0.319. The summed E-state index contributed by atoms with van der Waals surface area (Å²) in [5, 5.41) is 104. The number of unbranched alkanes of at least 4 members (excludes halogenated alkanes) is 12. The molecular weight excluding hydrogens is 1610 g/mol. The molecule has 39 heteroatoms. The monoisotopic (exact) mass is 1730 g/mol. The van der Waals surface area contributed by atoms with Gasteiger partial charge in [-0.3, -0.25) is 77.3 Å². The van der Waals surface area contributed by atoms with Gasteiger partial charge in [0.1, 0.15) is 72.2 Å². The summed E-state index contributed by atoms with van der Waals surface area (Å²) in [6.07, 6.45) is 8.72. The fraction of sp³-hybridized carbons (Fsp3) is 0.576. The van der Waals surface area contributed by atoms with Gasteiger partial charge in [0.2, 0.25) is 82.7 Å². The van der Waals surface area contributed by atoms with E-state index in [4.69, 9.17) is 22.0 Å². The van der Waals surface area contributed by atoms with Gasteiger partial charge in [-0.25, -0.2) is 0 Å². The quantitative estimate of drug-likeness (QED) is 0.0140. The molecular formula is C85H126N18O21. The van der Waals surface area contributed by atoms with E-state index >= 15 is 4.79 Å². The molecule has 2 fully saturated rings. The molecule has 2 saturated heterocycles. The number of amides is 14. The Morgan fingerprint density at radius 1 is 0.589 bits per heavy atom. The van der Waals surface area contributed by atoms with Crippen LogP contribution in [0, 0.1) is 5.41 Å². The number of aromatic amines is 1. The molecule has 2 aliphatic rings. The summed E-state index contributed by atoms with van der Waals surface area (Å²) >= 11 is 0. The van der Waals surface area contributed by atoms with E-state index < -0.39 is 219 Å². The molecule has 0 saturated carbocycles. The summed E-state index contributed by atoms with van der Waals surface area (Å²) in [6, 6.07) is 3.01. The first-order valence-corrected chi connectivity index (χ1v) is 42.8. The van der Waals surface area contributed by atoms with Gasteiger partial charge in [-0.1, -0.05) is 145 Å². The molecule has 2 aliphatic heterocycles. The van der Waals surface area contributed by atoms with Crippen LogP contribution < -0.4 is 80.6 Å². The Kier molecular flexibility index (Phi) is 43.9. The number of aromatic nitrogens is 1. The van der Waals surface area contributed by atoms with E-state index in [1.165, 1.54) is 24.3 Å². The number of phenolic OH excluding ortho intramolecular Hbond substituents is 1. The average Bonchev–Trinajstić information content (AvgIpc) is 1.63. The number of carbonyl (C=O) groups excluding carboxylic acids is 14. The molecule has 13 atom stereocenters. The van der Waals surface area contributed by atoms with E-state index in [2.05, 4.69) is 74.1 Å². The van der Waals surface area contributed by atoms with Crippen LogP contribution in [0.2, 0.25) is 0 Å². The molecule has 1 aromatic heterocycles. The Morgan fingerprint density at radius 3 is 1.79 bits per heavy atom. The number of primary amides is 1. The highest BCUT2D eigenvalue weighted by Gasteiger charge is 2.44. The second-order valence-electron chi connectivity index (χ2n) is 31.5. The molecule has 39 nitrogen and oxygen atoms in total. The number of phenols is 1. The van der Waals surface area contributed by atoms with Crippen LogP contribution in [0.4, 0.5) is 0 Å². The number of aliphatic hydroxyl groups excluding tert-OH is 4. The third-order valence-electron chi connectivity index (χ3n) is 21.5. The SMILES string of the molecule is CCCC[C@H](NC(=O)[C@@H](NC(=O)[C@H](Cc1ccc(O)cc1)NC(=O)[C@H](CO)NC(=O)[C@H](CO)NC(=O)CNC(=O)CCCCCCCCCCCCCCC(=O)O)[C@@H](C)O)C(=O)N[C@H]1CCC(=O)NCCCC[C@@H](C(N)=O)NC(=O)[C@H](Cc2c[nH]c3ccccc23)NC(=O)[C@H](CCCNC(=N)N)NC(=O)[C@@H](Cc2ccccc2)NC(=O)[C@@H]2C[C@@H](O)CN2C1=O. The number of fused-ring (bicyclic) bond motifs is 2. The third kappa shape index (κ3) is 35.5. The molecule has 0 radical (unpaired) electrons. The summed E-state index contributed by atoms with van der Waals surface area (Å²) in [4.78, 5) is 214. The first-order valence-electron chi connectivity index (χ1n) is 42.8. The first kappa shape index (κ1) is 101. The molecule has 3 aromatic carbocycles. The van der Waals surface area contributed by atoms with E-state index in [9.17, 15) is 92.7 Å². The van der Waals surface area contributed by atoms with E-state index in [1.54, 1.807) is 61.7 Å². The van der Waals surface area contributed by atoms with Crippen molar-refractivity contribution < 1.29 is 103 Å². The van der Waals surface area contributed by atoms with Crippen molar-refractivity contribution in [3.63, 3.8) is 0 Å². The molecule has 4 aromatic rings. The topological polar surface area (TPSA) is 629 Å². The van der Waals surface area contributed by atoms with Crippen molar-refractivity contribution in [1.82, 2.24) is 79.0 Å². The molecule has 0 unspecified atom stereocenters. The number of guanidine groups is 1. The van der Waals surface area contributed by atoms with Gasteiger partial charge in [-0.2, -0.15) is 0 Å². The van der Waals surface area contributed by atoms with Gasteiger partial charge in [0, 0.05) is 81.7 Å². The number of rotatable bonds is 45. The number of carbonyl (C=O) groups is 15. The van der Waals surface area contributed by atoms with Gasteiger partial charge in [-0.15, -0.1) is 0 Å². The molecule has 25 N–H and O–H groups in total. The maximum Gasteiger partial charge on any atom is 0.303 e. The van der Waals surface area contributed by atoms with Crippen molar-refractivity contribution >= 4 is 106 Å². The number of H-pyrrole nitrogens is 1. The first-order chi connectivity index (χ1) is 59.4. The number of para-hydroxylation sites is 1. The van der Waals surface area contributed by atoms with Crippen molar-refractivity contribution in [1.29, 1.82) is 5.41 Å². The largest absolute Gasteiger partial charge is 0.508 e. The zero-order valence-electron chi connectivity index (χ0n) is 70.5. The standard InChI is InChI=1S/C85H126N18O21/c1-3-4-28-60(96-83(123)73(51(2)106)102-79(119)64(43-53-34-36-55(107)37-35-53)98-81(121)67(50-105)101-80(120)66(49-104)93-71(111)47-92-69(109)32-18-13-11-9-7-5-6-8-10-12-14-19-33-72(112)113)75(115)97-62-38-39-70(110)89-40-23-22-30-59(74(86)114)94-78(118)65(44-54-46-91-58-29-21-20-27-57(54)58)99-76(116)61(31-24-41-90-85(87)88)95-77(117)63(42-52-25-16-15-17-26-52)100-82(122)68-45-56(108)48-103(68)84(62)124/h15-17,20-21,25-27,29,34-37,46,51,56,59-68,73,91,104-108H,3-14,18-19,22-24,28,30-33,38-45,47-50H2,1-2H3,(H2,86,114)(H,89,110)(H,92,109)(H,93,111)(H,94,118)(H,95,117)(H,96,123)(H,97,115)(H,98,121)(H,99,116)(H,100,122)(H,101,120)(H,102,119)(H,112,113)(H4,87,88,90)/t51-,56-,59+,60+,61+,62+,63-,64+,65+,66+,67+,68+,73+/m1/s1. The fourth-order valence-electron chi connectivity index (χ4n) is 14.5. The molecule has 6 rings (SSSR count). The zero-order valence-corrected chi connectivity index (χ0v) is 70.5. The van der Waals surface area contributed by atoms with Crippen molar-refractivity contribution in [2.75, 3.05) is 39.4 Å². The second kappa shape index (κ2) is 53.9. The maximum absolute atomic E-state index is 15.3. The van der Waals surface area contributed by atoms with Gasteiger partial charge >= 0.3 is 5.97 Å². The van der Waals surface area contributed by atoms with Crippen LogP contribution >= 0.6 is 0 Å². The molecule has 682 valence electrons. The zero-order chi connectivity index (χ0) is 90.6. The lowest BCUT2D eigenvalue weighted by atomic mass is 10.0.